The third kappa shape index (κ3) is 4.42. The number of sulfonamides is 1. The predicted molar refractivity (Wildman–Crippen MR) is 118 cm³/mol. The Labute approximate surface area is 184 Å². The molecule has 5 nitrogen and oxygen atoms in total. The summed E-state index contributed by atoms with van der Waals surface area (Å²) >= 11 is 0. The number of aryl methyl sites for hydroxylation is 1. The zero-order valence-corrected chi connectivity index (χ0v) is 17.9. The molecule has 8 heteroatoms. The maximum absolute atomic E-state index is 14.0. The van der Waals surface area contributed by atoms with Gasteiger partial charge < -0.3 is 9.30 Å². The lowest BCUT2D eigenvalue weighted by atomic mass is 10.1. The normalized spacial score (nSPS) is 11.5. The quantitative estimate of drug-likeness (QED) is 0.448. The van der Waals surface area contributed by atoms with Gasteiger partial charge in [0.2, 0.25) is 10.0 Å². The van der Waals surface area contributed by atoms with Crippen molar-refractivity contribution in [3.63, 3.8) is 0 Å². The second-order valence-electron chi connectivity index (χ2n) is 7.26. The number of hydrogen-bond acceptors (Lipinski definition) is 3. The first kappa shape index (κ1) is 21.7. The van der Waals surface area contributed by atoms with Crippen molar-refractivity contribution in [3.05, 3.63) is 102 Å². The zero-order chi connectivity index (χ0) is 22.9. The number of nitrogens with zero attached hydrogens (tertiary/aromatic N) is 1. The van der Waals surface area contributed by atoms with Gasteiger partial charge in [0.15, 0.2) is 0 Å². The van der Waals surface area contributed by atoms with Crippen molar-refractivity contribution in [2.45, 2.75) is 18.4 Å². The van der Waals surface area contributed by atoms with Crippen LogP contribution in [0.15, 0.2) is 83.8 Å². The first-order valence-corrected chi connectivity index (χ1v) is 11.3. The summed E-state index contributed by atoms with van der Waals surface area (Å²) in [5, 5.41) is 5.30. The molecule has 0 bridgehead atoms. The number of hydrogen-bond donors (Lipinski definition) is 1. The summed E-state index contributed by atoms with van der Waals surface area (Å²) in [5.41, 5.74) is 3.20. The maximum atomic E-state index is 14.0. The van der Waals surface area contributed by atoms with Gasteiger partial charge in [-0.1, -0.05) is 18.2 Å². The predicted octanol–water partition coefficient (Wildman–Crippen LogP) is 4.96. The lowest BCUT2D eigenvalue weighted by Gasteiger charge is -2.16. The van der Waals surface area contributed by atoms with Crippen molar-refractivity contribution in [3.8, 4) is 22.7 Å². The molecule has 4 aromatic rings. The van der Waals surface area contributed by atoms with Crippen LogP contribution in [0, 0.1) is 18.6 Å². The van der Waals surface area contributed by atoms with E-state index in [9.17, 15) is 17.2 Å². The van der Waals surface area contributed by atoms with Crippen molar-refractivity contribution >= 4 is 10.0 Å². The van der Waals surface area contributed by atoms with E-state index >= 15 is 0 Å². The van der Waals surface area contributed by atoms with Crippen LogP contribution in [0.25, 0.3) is 16.9 Å². The van der Waals surface area contributed by atoms with Crippen molar-refractivity contribution < 1.29 is 21.9 Å². The van der Waals surface area contributed by atoms with Crippen LogP contribution >= 0.6 is 0 Å². The molecule has 0 saturated carbocycles. The molecule has 0 spiro atoms. The van der Waals surface area contributed by atoms with Crippen molar-refractivity contribution in [2.24, 2.45) is 5.14 Å². The van der Waals surface area contributed by atoms with Gasteiger partial charge in [-0.25, -0.2) is 22.3 Å². The summed E-state index contributed by atoms with van der Waals surface area (Å²) < 4.78 is 58.6. The highest BCUT2D eigenvalue weighted by molar-refractivity contribution is 7.89. The van der Waals surface area contributed by atoms with E-state index in [4.69, 9.17) is 9.88 Å². The molecule has 2 N–H and O–H groups in total. The third-order valence-electron chi connectivity index (χ3n) is 5.04. The molecule has 0 aliphatic rings. The monoisotopic (exact) mass is 454 g/mol. The molecule has 1 aromatic heterocycles. The minimum Gasteiger partial charge on any atom is -0.488 e. The van der Waals surface area contributed by atoms with Gasteiger partial charge in [0.25, 0.3) is 0 Å². The summed E-state index contributed by atoms with van der Waals surface area (Å²) in [5.74, 6) is -0.832. The van der Waals surface area contributed by atoms with E-state index in [1.165, 1.54) is 24.3 Å². The summed E-state index contributed by atoms with van der Waals surface area (Å²) in [6, 6.07) is 20.7. The van der Waals surface area contributed by atoms with Gasteiger partial charge in [-0.2, -0.15) is 0 Å². The Morgan fingerprint density at radius 1 is 0.938 bits per heavy atom. The Hall–Kier alpha value is -3.49. The van der Waals surface area contributed by atoms with Gasteiger partial charge in [0.05, 0.1) is 10.6 Å². The molecular formula is C24H20F2N2O3S. The average molecular weight is 454 g/mol. The van der Waals surface area contributed by atoms with Gasteiger partial charge in [0.1, 0.15) is 24.0 Å². The Morgan fingerprint density at radius 2 is 1.72 bits per heavy atom. The molecule has 164 valence electrons. The first-order chi connectivity index (χ1) is 15.2. The second-order valence-corrected chi connectivity index (χ2v) is 8.82. The van der Waals surface area contributed by atoms with Crippen LogP contribution in [0.5, 0.6) is 5.75 Å². The van der Waals surface area contributed by atoms with E-state index in [1.807, 2.05) is 35.8 Å². The average Bonchev–Trinajstić information content (AvgIpc) is 3.14. The van der Waals surface area contributed by atoms with Gasteiger partial charge in [-0.05, 0) is 61.5 Å². The molecule has 0 aliphatic heterocycles. The maximum Gasteiger partial charge on any atom is 0.238 e. The number of nitrogens with two attached hydrogens (primary N) is 1. The number of rotatable bonds is 6. The molecule has 3 aromatic carbocycles. The zero-order valence-electron chi connectivity index (χ0n) is 17.1. The minimum absolute atomic E-state index is 0.00497. The van der Waals surface area contributed by atoms with Crippen LogP contribution in [-0.4, -0.2) is 13.0 Å². The van der Waals surface area contributed by atoms with Crippen LogP contribution in [0.3, 0.4) is 0 Å². The number of halogens is 2. The van der Waals surface area contributed by atoms with E-state index in [0.717, 1.165) is 23.0 Å². The number of para-hydroxylation sites is 1. The Balaban J connectivity index is 1.74. The van der Waals surface area contributed by atoms with E-state index in [0.29, 0.717) is 11.4 Å². The molecule has 32 heavy (non-hydrogen) atoms. The molecule has 0 aliphatic carbocycles. The van der Waals surface area contributed by atoms with Gasteiger partial charge >= 0.3 is 0 Å². The number of primary sulfonamides is 1. The molecular weight excluding hydrogens is 434 g/mol. The Morgan fingerprint density at radius 3 is 2.47 bits per heavy atom. The highest BCUT2D eigenvalue weighted by Crippen LogP contribution is 2.34. The summed E-state index contributed by atoms with van der Waals surface area (Å²) in [4.78, 5) is 0.00497. The highest BCUT2D eigenvalue weighted by Gasteiger charge is 2.16. The number of aromatic nitrogens is 1. The minimum atomic E-state index is -3.86. The summed E-state index contributed by atoms with van der Waals surface area (Å²) in [6.45, 7) is 1.81. The fraction of sp³-hybridized carbons (Fsp3) is 0.0833. The van der Waals surface area contributed by atoms with Crippen LogP contribution in [0.4, 0.5) is 8.78 Å². The largest absolute Gasteiger partial charge is 0.488 e. The van der Waals surface area contributed by atoms with Gasteiger partial charge in [-0.15, -0.1) is 0 Å². The first-order valence-electron chi connectivity index (χ1n) is 9.72. The van der Waals surface area contributed by atoms with Crippen LogP contribution in [0.2, 0.25) is 0 Å². The van der Waals surface area contributed by atoms with Gasteiger partial charge in [-0.3, -0.25) is 0 Å². The van der Waals surface area contributed by atoms with Crippen LogP contribution in [-0.2, 0) is 16.6 Å². The van der Waals surface area contributed by atoms with Crippen molar-refractivity contribution in [2.75, 3.05) is 0 Å². The molecule has 0 saturated heterocycles. The van der Waals surface area contributed by atoms with E-state index < -0.39 is 21.7 Å². The fourth-order valence-corrected chi connectivity index (χ4v) is 4.04. The smallest absolute Gasteiger partial charge is 0.238 e. The van der Waals surface area contributed by atoms with Crippen molar-refractivity contribution in [1.82, 2.24) is 4.57 Å². The third-order valence-corrected chi connectivity index (χ3v) is 5.95. The molecule has 0 fully saturated rings. The fourth-order valence-electron chi connectivity index (χ4n) is 3.49. The van der Waals surface area contributed by atoms with Crippen LogP contribution < -0.4 is 9.88 Å². The van der Waals surface area contributed by atoms with Crippen LogP contribution in [0.1, 0.15) is 11.3 Å². The van der Waals surface area contributed by atoms with E-state index in [1.54, 1.807) is 24.3 Å². The van der Waals surface area contributed by atoms with Crippen molar-refractivity contribution in [1.29, 1.82) is 0 Å². The second kappa shape index (κ2) is 8.57. The topological polar surface area (TPSA) is 74.3 Å². The number of ether oxygens (including phenoxy) is 1. The molecule has 0 amide bonds. The summed E-state index contributed by atoms with van der Waals surface area (Å²) in [7, 11) is -3.86. The molecule has 4 rings (SSSR count). The SMILES string of the molecule is Cc1ccc(-c2ccccc2OCc2ccc(F)cc2F)n1-c1cccc(S(N)(=O)=O)c1. The lowest BCUT2D eigenvalue weighted by molar-refractivity contribution is 0.300. The highest BCUT2D eigenvalue weighted by atomic mass is 32.2. The molecule has 0 atom stereocenters. The standard InChI is InChI=1S/C24H20F2N2O3S/c1-16-9-12-23(28(16)19-5-4-6-20(14-19)32(27,29)30)21-7-2-3-8-24(21)31-15-17-10-11-18(25)13-22(17)26/h2-14H,15H2,1H3,(H2,27,29,30). The Bertz CT molecular complexity index is 1400. The Kier molecular flexibility index (Phi) is 5.82. The molecule has 1 heterocycles. The lowest BCUT2D eigenvalue weighted by Crippen LogP contribution is -2.12. The molecule has 0 radical (unpaired) electrons. The summed E-state index contributed by atoms with van der Waals surface area (Å²) in [6.07, 6.45) is 0. The molecule has 0 unspecified atom stereocenters. The van der Waals surface area contributed by atoms with E-state index in [-0.39, 0.29) is 17.1 Å². The van der Waals surface area contributed by atoms with E-state index in [2.05, 4.69) is 0 Å². The number of benzene rings is 3. The van der Waals surface area contributed by atoms with Gasteiger partial charge in [0, 0.05) is 28.6 Å².